The Hall–Kier alpha value is -0.420. The van der Waals surface area contributed by atoms with E-state index in [2.05, 4.69) is 0 Å². The molecule has 0 aliphatic carbocycles. The minimum Gasteiger partial charge on any atom is -0.340 e. The van der Waals surface area contributed by atoms with Gasteiger partial charge in [0.25, 0.3) is 0 Å². The zero-order valence-corrected chi connectivity index (χ0v) is 13.4. The van der Waals surface area contributed by atoms with Gasteiger partial charge >= 0.3 is 0 Å². The summed E-state index contributed by atoms with van der Waals surface area (Å²) in [5, 5.41) is 1.00. The van der Waals surface area contributed by atoms with Crippen molar-refractivity contribution in [3.8, 4) is 0 Å². The molecular formula is C13H18Cl2N2OS. The molecule has 0 saturated carbocycles. The molecule has 1 amide bonds. The second-order valence-electron chi connectivity index (χ2n) is 4.33. The van der Waals surface area contributed by atoms with Crippen molar-refractivity contribution in [1.29, 1.82) is 0 Å². The second kappa shape index (κ2) is 8.00. The third-order valence-corrected chi connectivity index (χ3v) is 4.11. The van der Waals surface area contributed by atoms with Crippen molar-refractivity contribution in [3.63, 3.8) is 0 Å². The van der Waals surface area contributed by atoms with Crippen LogP contribution in [0.1, 0.15) is 12.0 Å². The zero-order chi connectivity index (χ0) is 14.4. The normalized spacial score (nSPS) is 12.3. The van der Waals surface area contributed by atoms with Gasteiger partial charge in [-0.1, -0.05) is 29.3 Å². The lowest BCUT2D eigenvalue weighted by Gasteiger charge is -2.21. The third kappa shape index (κ3) is 5.22. The molecule has 0 aliphatic heterocycles. The number of rotatable bonds is 6. The SMILES string of the molecule is CSCC[C@H](N)C(=O)N(C)Cc1ccc(Cl)c(Cl)c1. The monoisotopic (exact) mass is 320 g/mol. The molecule has 0 fully saturated rings. The van der Waals surface area contributed by atoms with Gasteiger partial charge in [0.1, 0.15) is 0 Å². The fraction of sp³-hybridized carbons (Fsp3) is 0.462. The molecule has 0 aliphatic rings. The molecule has 106 valence electrons. The summed E-state index contributed by atoms with van der Waals surface area (Å²) in [6, 6.07) is 4.90. The minimum atomic E-state index is -0.444. The largest absolute Gasteiger partial charge is 0.340 e. The van der Waals surface area contributed by atoms with Gasteiger partial charge in [-0.2, -0.15) is 11.8 Å². The molecule has 2 N–H and O–H groups in total. The van der Waals surface area contributed by atoms with E-state index in [9.17, 15) is 4.79 Å². The lowest BCUT2D eigenvalue weighted by Crippen LogP contribution is -2.41. The quantitative estimate of drug-likeness (QED) is 0.876. The lowest BCUT2D eigenvalue weighted by molar-refractivity contribution is -0.131. The Bertz CT molecular complexity index is 443. The molecule has 1 atom stereocenters. The molecule has 6 heteroatoms. The first-order valence-electron chi connectivity index (χ1n) is 5.89. The second-order valence-corrected chi connectivity index (χ2v) is 6.13. The standard InChI is InChI=1S/C13H18Cl2N2OS/c1-17(13(18)12(16)5-6-19-2)8-9-3-4-10(14)11(15)7-9/h3-4,7,12H,5-6,8,16H2,1-2H3/t12-/m0/s1. The third-order valence-electron chi connectivity index (χ3n) is 2.73. The summed E-state index contributed by atoms with van der Waals surface area (Å²) < 4.78 is 0. The number of amides is 1. The smallest absolute Gasteiger partial charge is 0.239 e. The van der Waals surface area contributed by atoms with Gasteiger partial charge in [0.2, 0.25) is 5.91 Å². The van der Waals surface area contributed by atoms with E-state index in [0.29, 0.717) is 23.0 Å². The summed E-state index contributed by atoms with van der Waals surface area (Å²) in [6.45, 7) is 0.475. The molecule has 0 aromatic heterocycles. The number of likely N-dealkylation sites (N-methyl/N-ethyl adjacent to an activating group) is 1. The number of hydrogen-bond donors (Lipinski definition) is 1. The first-order valence-corrected chi connectivity index (χ1v) is 8.04. The first-order chi connectivity index (χ1) is 8.95. The summed E-state index contributed by atoms with van der Waals surface area (Å²) in [6.07, 6.45) is 2.68. The fourth-order valence-electron chi connectivity index (χ4n) is 1.64. The van der Waals surface area contributed by atoms with Gasteiger partial charge < -0.3 is 10.6 Å². The maximum absolute atomic E-state index is 12.0. The number of carbonyl (C=O) groups excluding carboxylic acids is 1. The van der Waals surface area contributed by atoms with Crippen LogP contribution in [0.3, 0.4) is 0 Å². The van der Waals surface area contributed by atoms with Crippen LogP contribution in [0.2, 0.25) is 10.0 Å². The van der Waals surface area contributed by atoms with Gasteiger partial charge in [0.15, 0.2) is 0 Å². The van der Waals surface area contributed by atoms with Crippen LogP contribution in [-0.4, -0.2) is 35.9 Å². The Labute approximate surface area is 128 Å². The number of carbonyl (C=O) groups is 1. The Morgan fingerprint density at radius 1 is 1.42 bits per heavy atom. The van der Waals surface area contributed by atoms with E-state index in [1.807, 2.05) is 12.3 Å². The van der Waals surface area contributed by atoms with Crippen LogP contribution in [-0.2, 0) is 11.3 Å². The lowest BCUT2D eigenvalue weighted by atomic mass is 10.2. The van der Waals surface area contributed by atoms with Crippen molar-refractivity contribution in [2.24, 2.45) is 5.73 Å². The number of nitrogens with two attached hydrogens (primary N) is 1. The van der Waals surface area contributed by atoms with E-state index in [4.69, 9.17) is 28.9 Å². The minimum absolute atomic E-state index is 0.0554. The van der Waals surface area contributed by atoms with Crippen LogP contribution in [0.5, 0.6) is 0 Å². The summed E-state index contributed by atoms with van der Waals surface area (Å²) in [5.41, 5.74) is 6.79. The van der Waals surface area contributed by atoms with E-state index >= 15 is 0 Å². The van der Waals surface area contributed by atoms with Crippen molar-refractivity contribution in [3.05, 3.63) is 33.8 Å². The summed E-state index contributed by atoms with van der Waals surface area (Å²) >= 11 is 13.5. The molecule has 0 unspecified atom stereocenters. The van der Waals surface area contributed by atoms with E-state index in [-0.39, 0.29) is 5.91 Å². The Morgan fingerprint density at radius 3 is 2.68 bits per heavy atom. The van der Waals surface area contributed by atoms with Crippen LogP contribution in [0.15, 0.2) is 18.2 Å². The molecule has 0 spiro atoms. The first kappa shape index (κ1) is 16.6. The van der Waals surface area contributed by atoms with E-state index in [1.54, 1.807) is 35.8 Å². The predicted molar refractivity (Wildman–Crippen MR) is 83.9 cm³/mol. The highest BCUT2D eigenvalue weighted by molar-refractivity contribution is 7.98. The molecule has 1 aromatic carbocycles. The van der Waals surface area contributed by atoms with E-state index < -0.39 is 6.04 Å². The van der Waals surface area contributed by atoms with Gasteiger partial charge in [-0.25, -0.2) is 0 Å². The maximum atomic E-state index is 12.0. The number of nitrogens with zero attached hydrogens (tertiary/aromatic N) is 1. The average Bonchev–Trinajstić information content (AvgIpc) is 2.39. The fourth-order valence-corrected chi connectivity index (χ4v) is 2.45. The van der Waals surface area contributed by atoms with Crippen molar-refractivity contribution < 1.29 is 4.79 Å². The zero-order valence-electron chi connectivity index (χ0n) is 11.0. The van der Waals surface area contributed by atoms with Crippen molar-refractivity contribution in [1.82, 2.24) is 4.90 Å². The highest BCUT2D eigenvalue weighted by Crippen LogP contribution is 2.23. The van der Waals surface area contributed by atoms with Gasteiger partial charge in [-0.3, -0.25) is 4.79 Å². The van der Waals surface area contributed by atoms with Crippen molar-refractivity contribution >= 4 is 40.9 Å². The predicted octanol–water partition coefficient (Wildman–Crippen LogP) is 3.03. The van der Waals surface area contributed by atoms with Crippen LogP contribution >= 0.6 is 35.0 Å². The molecule has 1 rings (SSSR count). The van der Waals surface area contributed by atoms with Crippen LogP contribution in [0, 0.1) is 0 Å². The Balaban J connectivity index is 2.60. The molecule has 19 heavy (non-hydrogen) atoms. The van der Waals surface area contributed by atoms with Crippen molar-refractivity contribution in [2.45, 2.75) is 19.0 Å². The van der Waals surface area contributed by atoms with Crippen molar-refractivity contribution in [2.75, 3.05) is 19.1 Å². The molecule has 1 aromatic rings. The molecule has 0 radical (unpaired) electrons. The number of benzene rings is 1. The highest BCUT2D eigenvalue weighted by Gasteiger charge is 2.17. The Kier molecular flexibility index (Phi) is 7.00. The topological polar surface area (TPSA) is 46.3 Å². The molecular weight excluding hydrogens is 303 g/mol. The summed E-state index contributed by atoms with van der Waals surface area (Å²) in [7, 11) is 1.74. The number of thioether (sulfide) groups is 1. The average molecular weight is 321 g/mol. The number of halogens is 2. The van der Waals surface area contributed by atoms with Gasteiger partial charge in [-0.05, 0) is 36.1 Å². The molecule has 0 bridgehead atoms. The summed E-state index contributed by atoms with van der Waals surface area (Å²) in [5.74, 6) is 0.827. The number of hydrogen-bond acceptors (Lipinski definition) is 3. The van der Waals surface area contributed by atoms with Gasteiger partial charge in [-0.15, -0.1) is 0 Å². The Morgan fingerprint density at radius 2 is 2.11 bits per heavy atom. The van der Waals surface area contributed by atoms with E-state index in [0.717, 1.165) is 11.3 Å². The molecule has 3 nitrogen and oxygen atoms in total. The van der Waals surface area contributed by atoms with Crippen LogP contribution < -0.4 is 5.73 Å². The highest BCUT2D eigenvalue weighted by atomic mass is 35.5. The molecule has 0 saturated heterocycles. The van der Waals surface area contributed by atoms with Gasteiger partial charge in [0.05, 0.1) is 16.1 Å². The van der Waals surface area contributed by atoms with E-state index in [1.165, 1.54) is 0 Å². The summed E-state index contributed by atoms with van der Waals surface area (Å²) in [4.78, 5) is 13.7. The van der Waals surface area contributed by atoms with Gasteiger partial charge in [0, 0.05) is 13.6 Å². The van der Waals surface area contributed by atoms with Crippen LogP contribution in [0.4, 0.5) is 0 Å². The van der Waals surface area contributed by atoms with Crippen LogP contribution in [0.25, 0.3) is 0 Å². The maximum Gasteiger partial charge on any atom is 0.239 e. The molecule has 0 heterocycles.